The van der Waals surface area contributed by atoms with Crippen LogP contribution >= 0.6 is 0 Å². The zero-order chi connectivity index (χ0) is 20.0. The third-order valence-electron chi connectivity index (χ3n) is 4.91. The van der Waals surface area contributed by atoms with Gasteiger partial charge >= 0.3 is 17.9 Å². The molecular formula is C20H27NO6. The van der Waals surface area contributed by atoms with Crippen LogP contribution in [0.3, 0.4) is 0 Å². The van der Waals surface area contributed by atoms with Crippen LogP contribution < -0.4 is 5.73 Å². The minimum Gasteiger partial charge on any atom is -0.481 e. The van der Waals surface area contributed by atoms with E-state index in [1.54, 1.807) is 44.2 Å². The van der Waals surface area contributed by atoms with Gasteiger partial charge in [-0.3, -0.25) is 9.59 Å². The summed E-state index contributed by atoms with van der Waals surface area (Å²) in [6.07, 6.45) is 1.08. The highest BCUT2D eigenvalue weighted by molar-refractivity contribution is 5.89. The van der Waals surface area contributed by atoms with Crippen molar-refractivity contribution in [2.75, 3.05) is 0 Å². The summed E-state index contributed by atoms with van der Waals surface area (Å²) in [7, 11) is 0. The Morgan fingerprint density at radius 2 is 1.63 bits per heavy atom. The first kappa shape index (κ1) is 20.9. The first-order chi connectivity index (χ1) is 12.8. The minimum atomic E-state index is -1.04. The lowest BCUT2D eigenvalue weighted by molar-refractivity contribution is -0.178. The number of aliphatic carboxylic acids is 1. The fraction of sp³-hybridized carbons (Fsp3) is 0.550. The van der Waals surface area contributed by atoms with Crippen LogP contribution in [0.25, 0.3) is 0 Å². The molecule has 7 nitrogen and oxygen atoms in total. The van der Waals surface area contributed by atoms with E-state index in [2.05, 4.69) is 0 Å². The summed E-state index contributed by atoms with van der Waals surface area (Å²) in [6, 6.07) is 7.60. The van der Waals surface area contributed by atoms with Gasteiger partial charge in [-0.1, -0.05) is 32.0 Å². The molecule has 0 spiro atoms. The second-order valence-electron chi connectivity index (χ2n) is 7.30. The zero-order valence-corrected chi connectivity index (χ0v) is 15.7. The summed E-state index contributed by atoms with van der Waals surface area (Å²) in [5, 5.41) is 9.06. The standard InChI is InChI=1S/C20H27NO6/c1-12(2)20(26-18(24)15-6-4-3-5-7-15)27-19(25)16(21)13-8-10-14(11-9-13)17(22)23/h3-7,12-14,16,20H,8-11,21H2,1-2H3,(H,22,23). The van der Waals surface area contributed by atoms with Crippen LogP contribution in [0, 0.1) is 17.8 Å². The van der Waals surface area contributed by atoms with Crippen LogP contribution in [0.4, 0.5) is 0 Å². The molecule has 27 heavy (non-hydrogen) atoms. The first-order valence-corrected chi connectivity index (χ1v) is 9.24. The largest absolute Gasteiger partial charge is 0.481 e. The van der Waals surface area contributed by atoms with E-state index in [9.17, 15) is 14.4 Å². The van der Waals surface area contributed by atoms with Crippen molar-refractivity contribution in [1.29, 1.82) is 0 Å². The number of carbonyl (C=O) groups is 3. The van der Waals surface area contributed by atoms with Gasteiger partial charge in [0.05, 0.1) is 11.5 Å². The number of benzene rings is 1. The second kappa shape index (κ2) is 9.50. The Labute approximate surface area is 158 Å². The lowest BCUT2D eigenvalue weighted by atomic mass is 9.79. The van der Waals surface area contributed by atoms with Crippen molar-refractivity contribution in [3.63, 3.8) is 0 Å². The molecule has 1 aromatic carbocycles. The Morgan fingerprint density at radius 3 is 2.15 bits per heavy atom. The number of carbonyl (C=O) groups excluding carboxylic acids is 2. The summed E-state index contributed by atoms with van der Waals surface area (Å²) in [6.45, 7) is 3.56. The SMILES string of the molecule is CC(C)C(OC(=O)c1ccccc1)OC(=O)C(N)C1CCC(C(=O)O)CC1. The molecule has 148 valence electrons. The predicted octanol–water partition coefficient (Wildman–Crippen LogP) is 2.59. The molecule has 7 heteroatoms. The number of carboxylic acids is 1. The summed E-state index contributed by atoms with van der Waals surface area (Å²) in [4.78, 5) is 35.7. The van der Waals surface area contributed by atoms with E-state index in [1.165, 1.54) is 0 Å². The summed E-state index contributed by atoms with van der Waals surface area (Å²) < 4.78 is 10.7. The number of hydrogen-bond acceptors (Lipinski definition) is 6. The van der Waals surface area contributed by atoms with E-state index < -0.39 is 30.2 Å². The van der Waals surface area contributed by atoms with E-state index in [4.69, 9.17) is 20.3 Å². The van der Waals surface area contributed by atoms with Crippen molar-refractivity contribution in [2.45, 2.75) is 51.9 Å². The first-order valence-electron chi connectivity index (χ1n) is 9.24. The Morgan fingerprint density at radius 1 is 1.04 bits per heavy atom. The van der Waals surface area contributed by atoms with Crippen molar-refractivity contribution >= 4 is 17.9 Å². The van der Waals surface area contributed by atoms with E-state index >= 15 is 0 Å². The number of hydrogen-bond donors (Lipinski definition) is 2. The van der Waals surface area contributed by atoms with Gasteiger partial charge in [-0.15, -0.1) is 0 Å². The third kappa shape index (κ3) is 5.79. The maximum Gasteiger partial charge on any atom is 0.341 e. The van der Waals surface area contributed by atoms with Crippen LogP contribution in [-0.4, -0.2) is 35.3 Å². The lowest BCUT2D eigenvalue weighted by Gasteiger charge is -2.30. The number of rotatable bonds is 7. The van der Waals surface area contributed by atoms with Crippen LogP contribution in [-0.2, 0) is 19.1 Å². The van der Waals surface area contributed by atoms with Gasteiger partial charge in [0.15, 0.2) is 0 Å². The van der Waals surface area contributed by atoms with Gasteiger partial charge in [0, 0.05) is 5.92 Å². The van der Waals surface area contributed by atoms with Crippen molar-refractivity contribution in [3.05, 3.63) is 35.9 Å². The van der Waals surface area contributed by atoms with Crippen LogP contribution in [0.1, 0.15) is 49.9 Å². The molecule has 2 rings (SSSR count). The number of esters is 2. The molecule has 2 unspecified atom stereocenters. The second-order valence-corrected chi connectivity index (χ2v) is 7.30. The highest BCUT2D eigenvalue weighted by Crippen LogP contribution is 2.31. The topological polar surface area (TPSA) is 116 Å². The molecule has 0 saturated heterocycles. The van der Waals surface area contributed by atoms with Crippen LogP contribution in [0.15, 0.2) is 30.3 Å². The average Bonchev–Trinajstić information content (AvgIpc) is 2.67. The molecule has 0 radical (unpaired) electrons. The predicted molar refractivity (Wildman–Crippen MR) is 97.6 cm³/mol. The molecule has 1 aromatic rings. The molecule has 3 N–H and O–H groups in total. The molecule has 1 aliphatic rings. The Balaban J connectivity index is 1.92. The van der Waals surface area contributed by atoms with E-state index in [-0.39, 0.29) is 17.8 Å². The highest BCUT2D eigenvalue weighted by atomic mass is 16.7. The Kier molecular flexibility index (Phi) is 7.36. The Hall–Kier alpha value is -2.41. The molecule has 1 aliphatic carbocycles. The van der Waals surface area contributed by atoms with Gasteiger partial charge in [0.25, 0.3) is 0 Å². The number of ether oxygens (including phenoxy) is 2. The lowest BCUT2D eigenvalue weighted by Crippen LogP contribution is -2.44. The van der Waals surface area contributed by atoms with Gasteiger partial charge in [-0.2, -0.15) is 0 Å². The van der Waals surface area contributed by atoms with E-state index in [0.29, 0.717) is 31.2 Å². The van der Waals surface area contributed by atoms with Crippen molar-refractivity contribution in [1.82, 2.24) is 0 Å². The van der Waals surface area contributed by atoms with E-state index in [1.807, 2.05) is 0 Å². The van der Waals surface area contributed by atoms with E-state index in [0.717, 1.165) is 0 Å². The van der Waals surface area contributed by atoms with Crippen LogP contribution in [0.2, 0.25) is 0 Å². The maximum absolute atomic E-state index is 12.4. The summed E-state index contributed by atoms with van der Waals surface area (Å²) in [5.74, 6) is -2.76. The van der Waals surface area contributed by atoms with Gasteiger partial charge in [-0.25, -0.2) is 4.79 Å². The monoisotopic (exact) mass is 377 g/mol. The zero-order valence-electron chi connectivity index (χ0n) is 15.7. The third-order valence-corrected chi connectivity index (χ3v) is 4.91. The molecule has 0 aliphatic heterocycles. The van der Waals surface area contributed by atoms with Gasteiger partial charge in [-0.05, 0) is 43.7 Å². The smallest absolute Gasteiger partial charge is 0.341 e. The quantitative estimate of drug-likeness (QED) is 0.554. The molecule has 0 heterocycles. The Bertz CT molecular complexity index is 652. The van der Waals surface area contributed by atoms with Crippen molar-refractivity contribution in [2.24, 2.45) is 23.5 Å². The maximum atomic E-state index is 12.4. The summed E-state index contributed by atoms with van der Waals surface area (Å²) >= 11 is 0. The fourth-order valence-corrected chi connectivity index (χ4v) is 3.15. The normalized spacial score (nSPS) is 21.9. The molecule has 1 fully saturated rings. The van der Waals surface area contributed by atoms with Gasteiger partial charge in [0.1, 0.15) is 6.04 Å². The summed E-state index contributed by atoms with van der Waals surface area (Å²) in [5.41, 5.74) is 6.41. The average molecular weight is 377 g/mol. The van der Waals surface area contributed by atoms with Crippen molar-refractivity contribution < 1.29 is 29.0 Å². The van der Waals surface area contributed by atoms with Gasteiger partial charge < -0.3 is 20.3 Å². The molecular weight excluding hydrogens is 350 g/mol. The molecule has 0 amide bonds. The minimum absolute atomic E-state index is 0.134. The van der Waals surface area contributed by atoms with Gasteiger partial charge in [0.2, 0.25) is 6.29 Å². The molecule has 0 aromatic heterocycles. The number of carboxylic acid groups (broad SMARTS) is 1. The van der Waals surface area contributed by atoms with Crippen molar-refractivity contribution in [3.8, 4) is 0 Å². The van der Waals surface area contributed by atoms with Crippen LogP contribution in [0.5, 0.6) is 0 Å². The number of nitrogens with two attached hydrogens (primary N) is 1. The highest BCUT2D eigenvalue weighted by Gasteiger charge is 2.34. The molecule has 1 saturated carbocycles. The molecule has 2 atom stereocenters. The fourth-order valence-electron chi connectivity index (χ4n) is 3.15. The molecule has 0 bridgehead atoms.